The molecule has 31 heavy (non-hydrogen) atoms. The molecule has 1 N–H and O–H groups in total. The van der Waals surface area contributed by atoms with Crippen molar-refractivity contribution < 1.29 is 23.8 Å². The summed E-state index contributed by atoms with van der Waals surface area (Å²) in [6, 6.07) is 16.5. The van der Waals surface area contributed by atoms with Gasteiger partial charge in [-0.05, 0) is 35.8 Å². The van der Waals surface area contributed by atoms with Gasteiger partial charge in [-0.3, -0.25) is 4.79 Å². The van der Waals surface area contributed by atoms with Gasteiger partial charge in [0.2, 0.25) is 0 Å². The third-order valence-electron chi connectivity index (χ3n) is 4.35. The highest BCUT2D eigenvalue weighted by molar-refractivity contribution is 5.89. The van der Waals surface area contributed by atoms with E-state index in [1.165, 1.54) is 13.2 Å². The van der Waals surface area contributed by atoms with Gasteiger partial charge in [0.25, 0.3) is 5.91 Å². The van der Waals surface area contributed by atoms with Gasteiger partial charge in [-0.2, -0.15) is 5.26 Å². The fraction of sp³-hybridized carbons (Fsp3) is 0.292. The van der Waals surface area contributed by atoms with Crippen LogP contribution in [0.25, 0.3) is 6.08 Å². The van der Waals surface area contributed by atoms with Gasteiger partial charge in [0.15, 0.2) is 24.7 Å². The maximum atomic E-state index is 12.2. The maximum absolute atomic E-state index is 12.2. The maximum Gasteiger partial charge on any atom is 0.331 e. The number of nitrogens with one attached hydrogen (secondary N) is 1. The lowest BCUT2D eigenvalue weighted by molar-refractivity contribution is -0.144. The van der Waals surface area contributed by atoms with Crippen LogP contribution >= 0.6 is 0 Å². The van der Waals surface area contributed by atoms with Crippen LogP contribution in [0, 0.1) is 11.3 Å². The lowest BCUT2D eigenvalue weighted by Gasteiger charge is -2.18. The average Bonchev–Trinajstić information content (AvgIpc) is 2.80. The second-order valence-corrected chi connectivity index (χ2v) is 6.62. The molecule has 0 saturated heterocycles. The molecule has 2 rings (SSSR count). The molecule has 0 aromatic heterocycles. The molecular weight excluding hydrogens is 396 g/mol. The summed E-state index contributed by atoms with van der Waals surface area (Å²) in [4.78, 5) is 24.2. The predicted octanol–water partition coefficient (Wildman–Crippen LogP) is 3.81. The number of hydrogen-bond acceptors (Lipinski definition) is 6. The molecule has 0 aliphatic carbocycles. The molecule has 0 saturated carbocycles. The quantitative estimate of drug-likeness (QED) is 0.437. The van der Waals surface area contributed by atoms with Crippen LogP contribution in [0.3, 0.4) is 0 Å². The monoisotopic (exact) mass is 422 g/mol. The molecule has 7 nitrogen and oxygen atoms in total. The van der Waals surface area contributed by atoms with Crippen LogP contribution in [-0.2, 0) is 14.3 Å². The summed E-state index contributed by atoms with van der Waals surface area (Å²) in [5, 5.41) is 11.5. The van der Waals surface area contributed by atoms with E-state index in [4.69, 9.17) is 19.5 Å². The number of ether oxygens (including phenoxy) is 3. The Kier molecular flexibility index (Phi) is 9.63. The highest BCUT2D eigenvalue weighted by Crippen LogP contribution is 2.28. The van der Waals surface area contributed by atoms with Crippen molar-refractivity contribution in [3.8, 4) is 17.6 Å². The largest absolute Gasteiger partial charge is 0.493 e. The first kappa shape index (κ1) is 23.5. The first-order chi connectivity index (χ1) is 15.1. The Balaban J connectivity index is 1.88. The van der Waals surface area contributed by atoms with Crippen LogP contribution in [0.1, 0.15) is 36.9 Å². The first-order valence-corrected chi connectivity index (χ1v) is 9.94. The number of nitrogens with zero attached hydrogens (tertiary/aromatic N) is 1. The summed E-state index contributed by atoms with van der Waals surface area (Å²) in [5.74, 6) is -0.121. The van der Waals surface area contributed by atoms with Crippen LogP contribution in [0.4, 0.5) is 0 Å². The SMILES string of the molecule is CCCC(NC(=O)COC(=O)/C=C/c1ccc(OCC#N)c(OC)c1)c1ccccc1. The van der Waals surface area contributed by atoms with Gasteiger partial charge in [0.1, 0.15) is 6.07 Å². The Morgan fingerprint density at radius 2 is 1.94 bits per heavy atom. The van der Waals surface area contributed by atoms with Crippen LogP contribution in [0.5, 0.6) is 11.5 Å². The van der Waals surface area contributed by atoms with E-state index < -0.39 is 5.97 Å². The Labute approximate surface area is 182 Å². The number of carbonyl (C=O) groups is 2. The second kappa shape index (κ2) is 12.7. The topological polar surface area (TPSA) is 97.6 Å². The summed E-state index contributed by atoms with van der Waals surface area (Å²) >= 11 is 0. The molecule has 0 aliphatic rings. The van der Waals surface area contributed by atoms with E-state index in [1.807, 2.05) is 43.3 Å². The molecule has 2 aromatic carbocycles. The van der Waals surface area contributed by atoms with E-state index in [1.54, 1.807) is 24.3 Å². The van der Waals surface area contributed by atoms with E-state index >= 15 is 0 Å². The van der Waals surface area contributed by atoms with Crippen LogP contribution in [-0.4, -0.2) is 32.2 Å². The van der Waals surface area contributed by atoms with Crippen LogP contribution in [0.15, 0.2) is 54.6 Å². The lowest BCUT2D eigenvalue weighted by Crippen LogP contribution is -2.32. The van der Waals surface area contributed by atoms with Gasteiger partial charge >= 0.3 is 5.97 Å². The van der Waals surface area contributed by atoms with E-state index in [2.05, 4.69) is 5.32 Å². The molecule has 0 spiro atoms. The highest BCUT2D eigenvalue weighted by Gasteiger charge is 2.14. The summed E-state index contributed by atoms with van der Waals surface area (Å²) in [6.07, 6.45) is 4.48. The first-order valence-electron chi connectivity index (χ1n) is 9.94. The molecule has 2 aromatic rings. The zero-order valence-electron chi connectivity index (χ0n) is 17.7. The summed E-state index contributed by atoms with van der Waals surface area (Å²) in [5.41, 5.74) is 1.69. The number of esters is 1. The van der Waals surface area contributed by atoms with Crippen molar-refractivity contribution >= 4 is 18.0 Å². The zero-order chi connectivity index (χ0) is 22.5. The third kappa shape index (κ3) is 7.86. The fourth-order valence-electron chi connectivity index (χ4n) is 2.90. The smallest absolute Gasteiger partial charge is 0.331 e. The molecule has 0 radical (unpaired) electrons. The van der Waals surface area contributed by atoms with Crippen molar-refractivity contribution in [1.29, 1.82) is 5.26 Å². The minimum atomic E-state index is -0.634. The Morgan fingerprint density at radius 1 is 1.16 bits per heavy atom. The van der Waals surface area contributed by atoms with Gasteiger partial charge in [0.05, 0.1) is 13.2 Å². The second-order valence-electron chi connectivity index (χ2n) is 6.62. The molecule has 1 atom stereocenters. The van der Waals surface area contributed by atoms with Crippen molar-refractivity contribution in [3.05, 3.63) is 65.7 Å². The average molecular weight is 422 g/mol. The van der Waals surface area contributed by atoms with Crippen molar-refractivity contribution in [2.45, 2.75) is 25.8 Å². The number of nitriles is 1. The highest BCUT2D eigenvalue weighted by atomic mass is 16.5. The molecule has 0 aliphatic heterocycles. The number of hydrogen-bond donors (Lipinski definition) is 1. The van der Waals surface area contributed by atoms with Crippen molar-refractivity contribution in [2.24, 2.45) is 0 Å². The van der Waals surface area contributed by atoms with Gasteiger partial charge in [-0.1, -0.05) is 49.7 Å². The number of carbonyl (C=O) groups excluding carboxylic acids is 2. The Morgan fingerprint density at radius 3 is 2.61 bits per heavy atom. The molecule has 1 amide bonds. The summed E-state index contributed by atoms with van der Waals surface area (Å²) in [6.45, 7) is 1.59. The molecule has 0 heterocycles. The van der Waals surface area contributed by atoms with E-state index in [-0.39, 0.29) is 25.2 Å². The molecular formula is C24H26N2O5. The standard InChI is InChI=1S/C24H26N2O5/c1-3-7-20(19-8-5-4-6-9-19)26-23(27)17-31-24(28)13-11-18-10-12-21(30-15-14-25)22(16-18)29-2/h4-6,8-13,16,20H,3,7,15,17H2,1-2H3,(H,26,27)/b13-11+. The summed E-state index contributed by atoms with van der Waals surface area (Å²) < 4.78 is 15.5. The molecule has 7 heteroatoms. The van der Waals surface area contributed by atoms with Crippen LogP contribution in [0.2, 0.25) is 0 Å². The van der Waals surface area contributed by atoms with Crippen LogP contribution < -0.4 is 14.8 Å². The zero-order valence-corrected chi connectivity index (χ0v) is 17.7. The van der Waals surface area contributed by atoms with Gasteiger partial charge in [-0.15, -0.1) is 0 Å². The normalized spacial score (nSPS) is 11.4. The van der Waals surface area contributed by atoms with Gasteiger partial charge in [-0.25, -0.2) is 4.79 Å². The fourth-order valence-corrected chi connectivity index (χ4v) is 2.90. The Hall–Kier alpha value is -3.79. The van der Waals surface area contributed by atoms with Crippen molar-refractivity contribution in [1.82, 2.24) is 5.32 Å². The van der Waals surface area contributed by atoms with Gasteiger partial charge in [0, 0.05) is 6.08 Å². The van der Waals surface area contributed by atoms with E-state index in [9.17, 15) is 9.59 Å². The molecule has 1 unspecified atom stereocenters. The number of methoxy groups -OCH3 is 1. The van der Waals surface area contributed by atoms with E-state index in [0.29, 0.717) is 17.1 Å². The Bertz CT molecular complexity index is 935. The third-order valence-corrected chi connectivity index (χ3v) is 4.35. The van der Waals surface area contributed by atoms with Crippen molar-refractivity contribution in [2.75, 3.05) is 20.3 Å². The van der Waals surface area contributed by atoms with Crippen molar-refractivity contribution in [3.63, 3.8) is 0 Å². The lowest BCUT2D eigenvalue weighted by atomic mass is 10.0. The minimum Gasteiger partial charge on any atom is -0.493 e. The molecule has 0 bridgehead atoms. The molecule has 162 valence electrons. The molecule has 0 fully saturated rings. The predicted molar refractivity (Wildman–Crippen MR) is 116 cm³/mol. The summed E-state index contributed by atoms with van der Waals surface area (Å²) in [7, 11) is 1.48. The minimum absolute atomic E-state index is 0.0939. The van der Waals surface area contributed by atoms with Gasteiger partial charge < -0.3 is 19.5 Å². The number of amides is 1. The van der Waals surface area contributed by atoms with E-state index in [0.717, 1.165) is 18.4 Å². The number of rotatable bonds is 11. The number of benzene rings is 2.